The molecule has 0 aliphatic heterocycles. The van der Waals surface area contributed by atoms with E-state index in [1.165, 1.54) is 12.8 Å². The first-order valence-corrected chi connectivity index (χ1v) is 5.71. The molecule has 0 N–H and O–H groups in total. The van der Waals surface area contributed by atoms with Crippen molar-refractivity contribution in [3.63, 3.8) is 0 Å². The molecule has 0 aromatic heterocycles. The average molecular weight is 231 g/mol. The predicted molar refractivity (Wildman–Crippen MR) is 60.8 cm³/mol. The Labute approximate surface area is 84.9 Å². The third-order valence-corrected chi connectivity index (χ3v) is 2.89. The highest BCUT2D eigenvalue weighted by Gasteiger charge is 2.19. The van der Waals surface area contributed by atoms with Crippen LogP contribution in [0.15, 0.2) is 24.8 Å². The Morgan fingerprint density at radius 2 is 1.92 bits per heavy atom. The lowest BCUT2D eigenvalue weighted by Crippen LogP contribution is -2.14. The van der Waals surface area contributed by atoms with Gasteiger partial charge in [0.15, 0.2) is 0 Å². The van der Waals surface area contributed by atoms with Crippen molar-refractivity contribution in [2.24, 2.45) is 5.41 Å². The minimum Gasteiger partial charge on any atom is -0.103 e. The Hall–Kier alpha value is -0.0400. The van der Waals surface area contributed by atoms with E-state index in [1.54, 1.807) is 0 Å². The van der Waals surface area contributed by atoms with Gasteiger partial charge in [-0.3, -0.25) is 0 Å². The third kappa shape index (κ3) is 3.57. The van der Waals surface area contributed by atoms with Gasteiger partial charge in [0, 0.05) is 5.33 Å². The van der Waals surface area contributed by atoms with E-state index in [0.29, 0.717) is 5.41 Å². The van der Waals surface area contributed by atoms with Crippen LogP contribution >= 0.6 is 15.9 Å². The molecule has 0 heterocycles. The van der Waals surface area contributed by atoms with Crippen LogP contribution in [0.3, 0.4) is 0 Å². The maximum atomic E-state index is 3.80. The molecule has 0 nitrogen and oxygen atoms in total. The number of allylic oxidation sites excluding steroid dienone is 3. The molecule has 0 bridgehead atoms. The summed E-state index contributed by atoms with van der Waals surface area (Å²) in [6.07, 6.45) is 10.0. The van der Waals surface area contributed by atoms with Gasteiger partial charge in [0.25, 0.3) is 0 Å². The zero-order chi connectivity index (χ0) is 9.45. The van der Waals surface area contributed by atoms with Gasteiger partial charge in [-0.05, 0) is 24.7 Å². The van der Waals surface area contributed by atoms with E-state index >= 15 is 0 Å². The van der Waals surface area contributed by atoms with Crippen LogP contribution < -0.4 is 0 Å². The fourth-order valence-electron chi connectivity index (χ4n) is 1.42. The molecule has 0 aliphatic rings. The summed E-state index contributed by atoms with van der Waals surface area (Å²) < 4.78 is 0. The van der Waals surface area contributed by atoms with Crippen molar-refractivity contribution < 1.29 is 0 Å². The van der Waals surface area contributed by atoms with Crippen LogP contribution in [0, 0.1) is 5.41 Å². The maximum Gasteiger partial charge on any atom is 0.0212 e. The van der Waals surface area contributed by atoms with Crippen LogP contribution in [0.5, 0.6) is 0 Å². The topological polar surface area (TPSA) is 0 Å². The quantitative estimate of drug-likeness (QED) is 0.471. The van der Waals surface area contributed by atoms with Crippen molar-refractivity contribution >= 4 is 15.9 Å². The molecular weight excluding hydrogens is 212 g/mol. The fraction of sp³-hybridized carbons (Fsp3) is 0.636. The van der Waals surface area contributed by atoms with Crippen molar-refractivity contribution in [1.82, 2.24) is 0 Å². The number of alkyl halides is 1. The zero-order valence-corrected chi connectivity index (χ0v) is 9.73. The second-order valence-corrected chi connectivity index (χ2v) is 3.77. The van der Waals surface area contributed by atoms with Crippen molar-refractivity contribution in [2.75, 3.05) is 5.33 Å². The first-order valence-electron chi connectivity index (χ1n) is 4.59. The van der Waals surface area contributed by atoms with E-state index in [2.05, 4.69) is 48.5 Å². The molecule has 0 aromatic rings. The van der Waals surface area contributed by atoms with Gasteiger partial charge in [-0.25, -0.2) is 0 Å². The molecular formula is C11H19Br. The van der Waals surface area contributed by atoms with E-state index in [-0.39, 0.29) is 0 Å². The van der Waals surface area contributed by atoms with Crippen molar-refractivity contribution in [2.45, 2.75) is 33.1 Å². The standard InChI is InChI=1S/C11H19Br/c1-4-8-11(5-2,6-3)9-7-10-12/h4,7,9H,1,5-6,8,10H2,2-3H3/b9-7+. The van der Waals surface area contributed by atoms with Crippen LogP contribution in [-0.2, 0) is 0 Å². The highest BCUT2D eigenvalue weighted by atomic mass is 79.9. The molecule has 0 aromatic carbocycles. The maximum absolute atomic E-state index is 3.80. The smallest absolute Gasteiger partial charge is 0.0212 e. The van der Waals surface area contributed by atoms with E-state index in [9.17, 15) is 0 Å². The van der Waals surface area contributed by atoms with Crippen molar-refractivity contribution in [3.8, 4) is 0 Å². The van der Waals surface area contributed by atoms with Crippen LogP contribution in [0.1, 0.15) is 33.1 Å². The van der Waals surface area contributed by atoms with E-state index in [0.717, 1.165) is 11.8 Å². The number of rotatable bonds is 6. The largest absolute Gasteiger partial charge is 0.103 e. The lowest BCUT2D eigenvalue weighted by Gasteiger charge is -2.26. The van der Waals surface area contributed by atoms with E-state index in [4.69, 9.17) is 0 Å². The summed E-state index contributed by atoms with van der Waals surface area (Å²) in [7, 11) is 0. The van der Waals surface area contributed by atoms with E-state index in [1.807, 2.05) is 6.08 Å². The van der Waals surface area contributed by atoms with Crippen LogP contribution in [0.2, 0.25) is 0 Å². The number of halogens is 1. The molecule has 0 aliphatic carbocycles. The monoisotopic (exact) mass is 230 g/mol. The molecule has 1 heteroatoms. The Morgan fingerprint density at radius 1 is 1.33 bits per heavy atom. The average Bonchev–Trinajstić information content (AvgIpc) is 2.13. The molecule has 0 saturated heterocycles. The third-order valence-electron chi connectivity index (χ3n) is 2.52. The molecule has 0 amide bonds. The molecule has 12 heavy (non-hydrogen) atoms. The van der Waals surface area contributed by atoms with Gasteiger partial charge < -0.3 is 0 Å². The zero-order valence-electron chi connectivity index (χ0n) is 8.15. The summed E-state index contributed by atoms with van der Waals surface area (Å²) in [5.74, 6) is 0. The normalized spacial score (nSPS) is 12.2. The molecule has 0 rings (SSSR count). The van der Waals surface area contributed by atoms with Crippen LogP contribution in [-0.4, -0.2) is 5.33 Å². The molecule has 0 radical (unpaired) electrons. The lowest BCUT2D eigenvalue weighted by molar-refractivity contribution is 0.357. The molecule has 0 atom stereocenters. The van der Waals surface area contributed by atoms with Gasteiger partial charge in [-0.15, -0.1) is 6.58 Å². The second kappa shape index (κ2) is 6.47. The molecule has 0 fully saturated rings. The Kier molecular flexibility index (Phi) is 6.45. The minimum atomic E-state index is 0.357. The van der Waals surface area contributed by atoms with Crippen LogP contribution in [0.25, 0.3) is 0 Å². The van der Waals surface area contributed by atoms with Gasteiger partial charge in [-0.1, -0.05) is 48.0 Å². The summed E-state index contributed by atoms with van der Waals surface area (Å²) in [5, 5.41) is 0.950. The Bertz CT molecular complexity index is 143. The van der Waals surface area contributed by atoms with E-state index < -0.39 is 0 Å². The summed E-state index contributed by atoms with van der Waals surface area (Å²) >= 11 is 3.40. The highest BCUT2D eigenvalue weighted by molar-refractivity contribution is 9.09. The van der Waals surface area contributed by atoms with Gasteiger partial charge in [-0.2, -0.15) is 0 Å². The van der Waals surface area contributed by atoms with Crippen LogP contribution in [0.4, 0.5) is 0 Å². The summed E-state index contributed by atoms with van der Waals surface area (Å²) in [6.45, 7) is 8.29. The summed E-state index contributed by atoms with van der Waals surface area (Å²) in [4.78, 5) is 0. The molecule has 0 spiro atoms. The first kappa shape index (κ1) is 12.0. The molecule has 0 unspecified atom stereocenters. The number of hydrogen-bond donors (Lipinski definition) is 0. The van der Waals surface area contributed by atoms with Gasteiger partial charge in [0.05, 0.1) is 0 Å². The van der Waals surface area contributed by atoms with Gasteiger partial charge in [0.2, 0.25) is 0 Å². The highest BCUT2D eigenvalue weighted by Crippen LogP contribution is 2.32. The van der Waals surface area contributed by atoms with Gasteiger partial charge >= 0.3 is 0 Å². The van der Waals surface area contributed by atoms with Crippen molar-refractivity contribution in [3.05, 3.63) is 24.8 Å². The minimum absolute atomic E-state index is 0.357. The Balaban J connectivity index is 4.33. The summed E-state index contributed by atoms with van der Waals surface area (Å²) in [5.41, 5.74) is 0.357. The SMILES string of the molecule is C=CCC(/C=C/CBr)(CC)CC. The molecule has 0 saturated carbocycles. The lowest BCUT2D eigenvalue weighted by atomic mass is 9.79. The second-order valence-electron chi connectivity index (χ2n) is 3.12. The number of hydrogen-bond acceptors (Lipinski definition) is 0. The van der Waals surface area contributed by atoms with Gasteiger partial charge in [0.1, 0.15) is 0 Å². The fourth-order valence-corrected chi connectivity index (χ4v) is 1.61. The summed E-state index contributed by atoms with van der Waals surface area (Å²) in [6, 6.07) is 0. The Morgan fingerprint density at radius 3 is 2.25 bits per heavy atom. The first-order chi connectivity index (χ1) is 5.74. The molecule has 70 valence electrons. The predicted octanol–water partition coefficient (Wildman–Crippen LogP) is 4.32. The van der Waals surface area contributed by atoms with Crippen molar-refractivity contribution in [1.29, 1.82) is 0 Å².